The van der Waals surface area contributed by atoms with Gasteiger partial charge >= 0.3 is 0 Å². The van der Waals surface area contributed by atoms with Gasteiger partial charge in [-0.1, -0.05) is 6.92 Å². The van der Waals surface area contributed by atoms with Crippen LogP contribution in [-0.2, 0) is 0 Å². The summed E-state index contributed by atoms with van der Waals surface area (Å²) in [6.07, 6.45) is 0.247. The van der Waals surface area contributed by atoms with Gasteiger partial charge in [-0.05, 0) is 12.2 Å². The predicted octanol–water partition coefficient (Wildman–Crippen LogP) is 1.85. The van der Waals surface area contributed by atoms with E-state index in [4.69, 9.17) is 0 Å². The van der Waals surface area contributed by atoms with Crippen LogP contribution < -0.4 is 0 Å². The van der Waals surface area contributed by atoms with E-state index in [2.05, 4.69) is 0 Å². The number of thioether (sulfide) groups is 1. The van der Waals surface area contributed by atoms with E-state index >= 15 is 0 Å². The molecule has 1 rings (SSSR count). The van der Waals surface area contributed by atoms with Gasteiger partial charge in [-0.15, -0.1) is 0 Å². The molecular weight excluding hydrogens is 111 g/mol. The van der Waals surface area contributed by atoms with E-state index in [0.717, 1.165) is 12.2 Å². The van der Waals surface area contributed by atoms with E-state index in [1.54, 1.807) is 11.8 Å². The summed E-state index contributed by atoms with van der Waals surface area (Å²) in [5, 5.41) is 0.264. The van der Waals surface area contributed by atoms with Crippen LogP contribution in [0.25, 0.3) is 0 Å². The van der Waals surface area contributed by atoms with Gasteiger partial charge in [-0.3, -0.25) is 0 Å². The van der Waals surface area contributed by atoms with Gasteiger partial charge in [0.05, 0.1) is 0 Å². The third-order valence-corrected chi connectivity index (χ3v) is 2.58. The fraction of sp³-hybridized carbons (Fsp3) is 1.00. The number of hydrogen-bond donors (Lipinski definition) is 0. The first-order valence-electron chi connectivity index (χ1n) is 2.56. The molecule has 7 heavy (non-hydrogen) atoms. The van der Waals surface area contributed by atoms with Gasteiger partial charge in [0, 0.05) is 5.25 Å². The Kier molecular flexibility index (Phi) is 1.57. The zero-order valence-electron chi connectivity index (χ0n) is 4.36. The van der Waals surface area contributed by atoms with Crippen LogP contribution >= 0.6 is 11.8 Å². The van der Waals surface area contributed by atoms with Gasteiger partial charge in [0.25, 0.3) is 0 Å². The highest BCUT2D eigenvalue weighted by Crippen LogP contribution is 2.27. The maximum absolute atomic E-state index is 12.3. The number of halogens is 1. The second-order valence-electron chi connectivity index (χ2n) is 1.88. The highest BCUT2D eigenvalue weighted by atomic mass is 32.2. The molecule has 0 saturated carbocycles. The van der Waals surface area contributed by atoms with Crippen molar-refractivity contribution in [2.75, 3.05) is 5.75 Å². The van der Waals surface area contributed by atoms with Crippen LogP contribution in [0.3, 0.4) is 0 Å². The van der Waals surface area contributed by atoms with Crippen LogP contribution in [0.15, 0.2) is 0 Å². The quantitative estimate of drug-likeness (QED) is 0.470. The zero-order valence-corrected chi connectivity index (χ0v) is 5.17. The van der Waals surface area contributed by atoms with Gasteiger partial charge < -0.3 is 0 Å². The van der Waals surface area contributed by atoms with Crippen molar-refractivity contribution in [3.63, 3.8) is 0 Å². The summed E-state index contributed by atoms with van der Waals surface area (Å²) in [7, 11) is 0. The fourth-order valence-electron chi connectivity index (χ4n) is 0.706. The summed E-state index contributed by atoms with van der Waals surface area (Å²) < 4.78 is 12.3. The maximum atomic E-state index is 12.3. The van der Waals surface area contributed by atoms with Crippen molar-refractivity contribution >= 4 is 11.8 Å². The minimum atomic E-state index is -0.523. The molecule has 2 heteroatoms. The highest BCUT2D eigenvalue weighted by Gasteiger charge is 2.22. The van der Waals surface area contributed by atoms with E-state index in [0.29, 0.717) is 0 Å². The van der Waals surface area contributed by atoms with Crippen LogP contribution in [-0.4, -0.2) is 17.2 Å². The molecule has 0 bridgehead atoms. The number of hydrogen-bond acceptors (Lipinski definition) is 1. The molecule has 0 aromatic carbocycles. The lowest BCUT2D eigenvalue weighted by Gasteiger charge is -2.00. The summed E-state index contributed by atoms with van der Waals surface area (Å²) in [6, 6.07) is 0. The molecule has 1 aliphatic heterocycles. The Morgan fingerprint density at radius 2 is 2.43 bits per heavy atom. The second-order valence-corrected chi connectivity index (χ2v) is 3.37. The molecule has 1 aliphatic rings. The second kappa shape index (κ2) is 2.03. The summed E-state index contributed by atoms with van der Waals surface area (Å²) in [5.41, 5.74) is 0. The lowest BCUT2D eigenvalue weighted by Crippen LogP contribution is -2.05. The maximum Gasteiger partial charge on any atom is 0.112 e. The minimum absolute atomic E-state index is 0.264. The normalized spacial score (nSPS) is 42.0. The van der Waals surface area contributed by atoms with Crippen LogP contribution in [0.1, 0.15) is 13.3 Å². The number of alkyl halides is 1. The van der Waals surface area contributed by atoms with Crippen molar-refractivity contribution in [2.45, 2.75) is 24.8 Å². The van der Waals surface area contributed by atoms with Crippen molar-refractivity contribution in [1.82, 2.24) is 0 Å². The smallest absolute Gasteiger partial charge is 0.112 e. The summed E-state index contributed by atoms with van der Waals surface area (Å²) >= 11 is 1.73. The first-order chi connectivity index (χ1) is 3.30. The Balaban J connectivity index is 2.33. The van der Waals surface area contributed by atoms with Crippen LogP contribution in [0, 0.1) is 0 Å². The molecule has 0 nitrogen and oxygen atoms in total. The Bertz CT molecular complexity index is 57.1. The average Bonchev–Trinajstić information content (AvgIpc) is 1.91. The minimum Gasteiger partial charge on any atom is -0.246 e. The Hall–Kier alpha value is 0.280. The summed E-state index contributed by atoms with van der Waals surface area (Å²) in [6.45, 7) is 1.95. The van der Waals surface area contributed by atoms with Crippen molar-refractivity contribution in [1.29, 1.82) is 0 Å². The third-order valence-electron chi connectivity index (χ3n) is 1.28. The molecule has 0 radical (unpaired) electrons. The van der Waals surface area contributed by atoms with Gasteiger partial charge in [-0.2, -0.15) is 11.8 Å². The zero-order chi connectivity index (χ0) is 5.28. The largest absolute Gasteiger partial charge is 0.246 e. The molecule has 2 unspecified atom stereocenters. The molecule has 0 amide bonds. The van der Waals surface area contributed by atoms with Crippen molar-refractivity contribution in [3.05, 3.63) is 0 Å². The standard InChI is InChI=1S/C5H9FS/c1-4-5(6)2-3-7-4/h4-5H,2-3H2,1H3. The first-order valence-corrected chi connectivity index (χ1v) is 3.61. The van der Waals surface area contributed by atoms with Gasteiger partial charge in [-0.25, -0.2) is 4.39 Å². The molecule has 0 aromatic heterocycles. The monoisotopic (exact) mass is 120 g/mol. The van der Waals surface area contributed by atoms with Crippen molar-refractivity contribution < 1.29 is 4.39 Å². The Labute approximate surface area is 47.5 Å². The van der Waals surface area contributed by atoms with Crippen LogP contribution in [0.2, 0.25) is 0 Å². The van der Waals surface area contributed by atoms with Gasteiger partial charge in [0.2, 0.25) is 0 Å². The molecule has 0 aliphatic carbocycles. The highest BCUT2D eigenvalue weighted by molar-refractivity contribution is 8.00. The third kappa shape index (κ3) is 1.09. The average molecular weight is 120 g/mol. The SMILES string of the molecule is CC1SCCC1F. The topological polar surface area (TPSA) is 0 Å². The van der Waals surface area contributed by atoms with E-state index < -0.39 is 6.17 Å². The van der Waals surface area contributed by atoms with Gasteiger partial charge in [0.15, 0.2) is 0 Å². The number of rotatable bonds is 0. The molecule has 0 aromatic rings. The summed E-state index contributed by atoms with van der Waals surface area (Å²) in [5.74, 6) is 1.02. The molecule has 0 N–H and O–H groups in total. The van der Waals surface area contributed by atoms with Crippen LogP contribution in [0.5, 0.6) is 0 Å². The summed E-state index contributed by atoms with van der Waals surface area (Å²) in [4.78, 5) is 0. The predicted molar refractivity (Wildman–Crippen MR) is 31.4 cm³/mol. The molecular formula is C5H9FS. The first kappa shape index (κ1) is 5.42. The van der Waals surface area contributed by atoms with Crippen molar-refractivity contribution in [2.24, 2.45) is 0 Å². The molecule has 1 saturated heterocycles. The fourth-order valence-corrected chi connectivity index (χ4v) is 1.78. The van der Waals surface area contributed by atoms with E-state index in [1.165, 1.54) is 0 Å². The van der Waals surface area contributed by atoms with E-state index in [9.17, 15) is 4.39 Å². The molecule has 2 atom stereocenters. The van der Waals surface area contributed by atoms with E-state index in [-0.39, 0.29) is 5.25 Å². The van der Waals surface area contributed by atoms with Crippen molar-refractivity contribution in [3.8, 4) is 0 Å². The molecule has 42 valence electrons. The van der Waals surface area contributed by atoms with Crippen LogP contribution in [0.4, 0.5) is 4.39 Å². The van der Waals surface area contributed by atoms with Gasteiger partial charge in [0.1, 0.15) is 6.17 Å². The Morgan fingerprint density at radius 3 is 2.57 bits per heavy atom. The lowest BCUT2D eigenvalue weighted by atomic mass is 10.2. The van der Waals surface area contributed by atoms with E-state index in [1.807, 2.05) is 6.92 Å². The molecule has 1 fully saturated rings. The Morgan fingerprint density at radius 1 is 1.71 bits per heavy atom. The molecule has 0 spiro atoms. The molecule has 1 heterocycles. The lowest BCUT2D eigenvalue weighted by molar-refractivity contribution is 0.337.